The third-order valence-electron chi connectivity index (χ3n) is 7.41. The van der Waals surface area contributed by atoms with Crippen molar-refractivity contribution in [3.63, 3.8) is 0 Å². The van der Waals surface area contributed by atoms with Crippen LogP contribution in [0.4, 0.5) is 24.5 Å². The fourth-order valence-corrected chi connectivity index (χ4v) is 5.12. The molecule has 0 fully saturated rings. The van der Waals surface area contributed by atoms with Crippen LogP contribution in [0.1, 0.15) is 54.5 Å². The van der Waals surface area contributed by atoms with Crippen LogP contribution in [0.25, 0.3) is 17.3 Å². The lowest BCUT2D eigenvalue weighted by atomic mass is 10.0. The number of nitrogens with zero attached hydrogens (tertiary/aromatic N) is 3. The quantitative estimate of drug-likeness (QED) is 0.203. The number of likely N-dealkylation sites (N-methyl/N-ethyl adjacent to an activating group) is 1. The van der Waals surface area contributed by atoms with Gasteiger partial charge < -0.3 is 30.4 Å². The van der Waals surface area contributed by atoms with Crippen LogP contribution in [0.5, 0.6) is 0 Å². The lowest BCUT2D eigenvalue weighted by Gasteiger charge is -2.13. The van der Waals surface area contributed by atoms with Gasteiger partial charge in [-0.15, -0.1) is 0 Å². The van der Waals surface area contributed by atoms with Gasteiger partial charge in [0.2, 0.25) is 0 Å². The molecule has 0 unspecified atom stereocenters. The molecule has 10 nitrogen and oxygen atoms in total. The van der Waals surface area contributed by atoms with Gasteiger partial charge in [-0.05, 0) is 76.8 Å². The van der Waals surface area contributed by atoms with Crippen molar-refractivity contribution in [2.75, 3.05) is 37.8 Å². The van der Waals surface area contributed by atoms with Crippen molar-refractivity contribution in [2.24, 2.45) is 0 Å². The maximum Gasteiger partial charge on any atom is 0.416 e. The number of aryl methyl sites for hydroxylation is 2. The van der Waals surface area contributed by atoms with Crippen molar-refractivity contribution < 1.29 is 27.6 Å². The topological polar surface area (TPSA) is 124 Å². The van der Waals surface area contributed by atoms with E-state index in [9.17, 15) is 27.6 Å². The Morgan fingerprint density at radius 2 is 1.82 bits per heavy atom. The van der Waals surface area contributed by atoms with E-state index in [0.717, 1.165) is 12.1 Å². The number of H-pyrrole nitrogens is 1. The second-order valence-electron chi connectivity index (χ2n) is 11.1. The molecule has 4 N–H and O–H groups in total. The van der Waals surface area contributed by atoms with E-state index in [4.69, 9.17) is 0 Å². The summed E-state index contributed by atoms with van der Waals surface area (Å²) in [5.41, 5.74) is 3.66. The molecule has 1 aliphatic heterocycles. The zero-order valence-corrected chi connectivity index (χ0v) is 25.3. The Morgan fingerprint density at radius 3 is 2.49 bits per heavy atom. The summed E-state index contributed by atoms with van der Waals surface area (Å²) in [6.45, 7) is 6.47. The number of imidazole rings is 1. The van der Waals surface area contributed by atoms with Crippen molar-refractivity contribution in [2.45, 2.75) is 26.9 Å². The first kappa shape index (κ1) is 31.3. The number of anilines is 2. The molecular formula is C32H32F3N7O3. The van der Waals surface area contributed by atoms with Crippen LogP contribution in [0.15, 0.2) is 48.9 Å². The fourth-order valence-electron chi connectivity index (χ4n) is 5.12. The van der Waals surface area contributed by atoms with E-state index in [2.05, 4.69) is 25.9 Å². The van der Waals surface area contributed by atoms with E-state index in [1.807, 2.05) is 19.0 Å². The predicted molar refractivity (Wildman–Crippen MR) is 165 cm³/mol. The van der Waals surface area contributed by atoms with E-state index in [1.165, 1.54) is 23.0 Å². The Balaban J connectivity index is 1.39. The minimum absolute atomic E-state index is 0.135. The van der Waals surface area contributed by atoms with Gasteiger partial charge in [-0.2, -0.15) is 13.2 Å². The van der Waals surface area contributed by atoms with E-state index < -0.39 is 17.6 Å². The fraction of sp³-hybridized carbons (Fsp3) is 0.250. The first-order chi connectivity index (χ1) is 21.2. The molecule has 45 heavy (non-hydrogen) atoms. The van der Waals surface area contributed by atoms with Crippen molar-refractivity contribution in [3.8, 4) is 5.69 Å². The maximum atomic E-state index is 13.7. The molecule has 3 amide bonds. The Hall–Kier alpha value is -5.17. The molecule has 4 aromatic rings. The van der Waals surface area contributed by atoms with Gasteiger partial charge in [0.1, 0.15) is 0 Å². The van der Waals surface area contributed by atoms with Gasteiger partial charge in [-0.3, -0.25) is 14.4 Å². The SMILES string of the molecule is Cc1cn(-c2cc(C(=O)Nc3ccc4c(c3)NC(=O)C4=Cc3[nH]c(C)c(C(=O)NCCN(C)C)c3C)cc(C(F)(F)F)c2)cn1. The average molecular weight is 620 g/mol. The summed E-state index contributed by atoms with van der Waals surface area (Å²) >= 11 is 0. The van der Waals surface area contributed by atoms with Gasteiger partial charge in [-0.25, -0.2) is 4.98 Å². The minimum Gasteiger partial charge on any atom is -0.358 e. The minimum atomic E-state index is -4.67. The highest BCUT2D eigenvalue weighted by Crippen LogP contribution is 2.36. The average Bonchev–Trinajstić information content (AvgIpc) is 3.62. The third-order valence-corrected chi connectivity index (χ3v) is 7.41. The number of aromatic nitrogens is 3. The van der Waals surface area contributed by atoms with Crippen LogP contribution in [-0.2, 0) is 11.0 Å². The van der Waals surface area contributed by atoms with E-state index in [-0.39, 0.29) is 28.8 Å². The lowest BCUT2D eigenvalue weighted by molar-refractivity contribution is -0.137. The van der Waals surface area contributed by atoms with Crippen LogP contribution < -0.4 is 16.0 Å². The molecule has 0 saturated carbocycles. The van der Waals surface area contributed by atoms with E-state index in [0.29, 0.717) is 58.1 Å². The first-order valence-corrected chi connectivity index (χ1v) is 14.1. The normalized spacial score (nSPS) is 13.7. The second kappa shape index (κ2) is 12.1. The van der Waals surface area contributed by atoms with Gasteiger partial charge in [0.15, 0.2) is 0 Å². The summed E-state index contributed by atoms with van der Waals surface area (Å²) in [7, 11) is 3.83. The number of halogens is 3. The summed E-state index contributed by atoms with van der Waals surface area (Å²) in [6, 6.07) is 7.82. The number of rotatable bonds is 8. The number of aromatic amines is 1. The number of carbonyl (C=O) groups is 3. The van der Waals surface area contributed by atoms with Crippen LogP contribution in [0, 0.1) is 20.8 Å². The largest absolute Gasteiger partial charge is 0.416 e. The maximum absolute atomic E-state index is 13.7. The second-order valence-corrected chi connectivity index (χ2v) is 11.1. The number of hydrogen-bond donors (Lipinski definition) is 4. The number of hydrogen-bond acceptors (Lipinski definition) is 5. The van der Waals surface area contributed by atoms with Gasteiger partial charge in [-0.1, -0.05) is 6.07 Å². The van der Waals surface area contributed by atoms with Crippen LogP contribution in [0.2, 0.25) is 0 Å². The molecular weight excluding hydrogens is 587 g/mol. The molecule has 0 atom stereocenters. The Bertz CT molecular complexity index is 1850. The smallest absolute Gasteiger partial charge is 0.358 e. The predicted octanol–water partition coefficient (Wildman–Crippen LogP) is 5.18. The van der Waals surface area contributed by atoms with Crippen molar-refractivity contribution >= 4 is 40.7 Å². The molecule has 0 spiro atoms. The molecule has 5 rings (SSSR count). The molecule has 0 radical (unpaired) electrons. The molecule has 0 aliphatic carbocycles. The van der Waals surface area contributed by atoms with E-state index >= 15 is 0 Å². The van der Waals surface area contributed by atoms with Gasteiger partial charge in [0.05, 0.1) is 34.4 Å². The van der Waals surface area contributed by atoms with E-state index in [1.54, 1.807) is 45.2 Å². The Morgan fingerprint density at radius 1 is 1.07 bits per heavy atom. The number of carbonyl (C=O) groups excluding carboxylic acids is 3. The molecule has 0 bridgehead atoms. The van der Waals surface area contributed by atoms with Crippen LogP contribution in [0.3, 0.4) is 0 Å². The highest BCUT2D eigenvalue weighted by atomic mass is 19.4. The molecule has 1 aliphatic rings. The van der Waals surface area contributed by atoms with Crippen molar-refractivity contribution in [1.29, 1.82) is 0 Å². The molecule has 2 aromatic heterocycles. The number of alkyl halides is 3. The Kier molecular flexibility index (Phi) is 8.39. The molecule has 2 aromatic carbocycles. The number of fused-ring (bicyclic) bond motifs is 1. The summed E-state index contributed by atoms with van der Waals surface area (Å²) in [5, 5.41) is 8.30. The first-order valence-electron chi connectivity index (χ1n) is 14.1. The number of benzene rings is 2. The van der Waals surface area contributed by atoms with Crippen molar-refractivity contribution in [3.05, 3.63) is 93.8 Å². The zero-order valence-electron chi connectivity index (χ0n) is 25.3. The summed E-state index contributed by atoms with van der Waals surface area (Å²) in [6.07, 6.45) is -0.0729. The number of amides is 3. The zero-order chi connectivity index (χ0) is 32.6. The third kappa shape index (κ3) is 6.68. The summed E-state index contributed by atoms with van der Waals surface area (Å²) in [4.78, 5) is 48.1. The van der Waals surface area contributed by atoms with Gasteiger partial charge in [0, 0.05) is 53.2 Å². The monoisotopic (exact) mass is 619 g/mol. The Labute approximate surface area is 257 Å². The molecule has 3 heterocycles. The molecule has 234 valence electrons. The molecule has 13 heteroatoms. The highest BCUT2D eigenvalue weighted by molar-refractivity contribution is 6.35. The van der Waals surface area contributed by atoms with Gasteiger partial charge in [0.25, 0.3) is 17.7 Å². The van der Waals surface area contributed by atoms with Crippen LogP contribution >= 0.6 is 0 Å². The molecule has 0 saturated heterocycles. The highest BCUT2D eigenvalue weighted by Gasteiger charge is 2.32. The lowest BCUT2D eigenvalue weighted by Crippen LogP contribution is -2.31. The summed E-state index contributed by atoms with van der Waals surface area (Å²) < 4.78 is 42.4. The number of nitrogens with one attached hydrogen (secondary N) is 4. The van der Waals surface area contributed by atoms with Crippen LogP contribution in [-0.4, -0.2) is 64.3 Å². The van der Waals surface area contributed by atoms with Gasteiger partial charge >= 0.3 is 6.18 Å². The standard InChI is InChI=1S/C32H32F3N7O3/c1-17-15-42(16-37-17)23-11-20(10-21(12-23)32(33,34)35)29(43)39-22-6-7-24-25(30(44)40-27(24)13-22)14-26-18(2)28(19(3)38-26)31(45)36-8-9-41(4)5/h6-7,10-16,38H,8-9H2,1-5H3,(H,36,45)(H,39,43)(H,40,44). The summed E-state index contributed by atoms with van der Waals surface area (Å²) in [5.74, 6) is -1.35. The van der Waals surface area contributed by atoms with Crippen molar-refractivity contribution in [1.82, 2.24) is 24.8 Å².